The van der Waals surface area contributed by atoms with Gasteiger partial charge in [-0.05, 0) is 30.0 Å². The Hall–Kier alpha value is -2.08. The molecular formula is C23H34N2O4. The summed E-state index contributed by atoms with van der Waals surface area (Å²) in [5.41, 5.74) is 2.21. The van der Waals surface area contributed by atoms with Gasteiger partial charge in [0.15, 0.2) is 0 Å². The van der Waals surface area contributed by atoms with E-state index in [-0.39, 0.29) is 11.8 Å². The van der Waals surface area contributed by atoms with Crippen molar-refractivity contribution < 1.29 is 19.4 Å². The van der Waals surface area contributed by atoms with Gasteiger partial charge >= 0.3 is 5.97 Å². The van der Waals surface area contributed by atoms with Crippen LogP contribution in [0.2, 0.25) is 0 Å². The van der Waals surface area contributed by atoms with Crippen molar-refractivity contribution >= 4 is 11.9 Å². The molecule has 2 aliphatic heterocycles. The number of amides is 1. The zero-order valence-corrected chi connectivity index (χ0v) is 17.7. The van der Waals surface area contributed by atoms with Gasteiger partial charge in [0.05, 0.1) is 19.1 Å². The lowest BCUT2D eigenvalue weighted by Gasteiger charge is -2.25. The van der Waals surface area contributed by atoms with E-state index < -0.39 is 11.9 Å². The highest BCUT2D eigenvalue weighted by Gasteiger charge is 2.39. The van der Waals surface area contributed by atoms with Crippen molar-refractivity contribution in [3.63, 3.8) is 0 Å². The molecule has 2 aliphatic rings. The second-order valence-corrected chi connectivity index (χ2v) is 8.30. The zero-order valence-electron chi connectivity index (χ0n) is 17.7. The number of unbranched alkanes of at least 4 members (excludes halogenated alkanes) is 2. The normalized spacial score (nSPS) is 21.0. The summed E-state index contributed by atoms with van der Waals surface area (Å²) < 4.78 is 5.58. The lowest BCUT2D eigenvalue weighted by Crippen LogP contribution is -2.41. The van der Waals surface area contributed by atoms with E-state index in [0.717, 1.165) is 62.1 Å². The molecule has 0 spiro atoms. The Morgan fingerprint density at radius 3 is 2.55 bits per heavy atom. The summed E-state index contributed by atoms with van der Waals surface area (Å²) in [5.74, 6) is -0.323. The molecule has 1 N–H and O–H groups in total. The van der Waals surface area contributed by atoms with Crippen LogP contribution >= 0.6 is 0 Å². The quantitative estimate of drug-likeness (QED) is 0.651. The van der Waals surface area contributed by atoms with Crippen molar-refractivity contribution in [1.29, 1.82) is 0 Å². The summed E-state index contributed by atoms with van der Waals surface area (Å²) in [4.78, 5) is 28.8. The van der Waals surface area contributed by atoms with Crippen LogP contribution in [0.15, 0.2) is 18.2 Å². The van der Waals surface area contributed by atoms with Gasteiger partial charge in [-0.25, -0.2) is 0 Å². The molecule has 0 saturated carbocycles. The highest BCUT2D eigenvalue weighted by Crippen LogP contribution is 2.36. The van der Waals surface area contributed by atoms with Gasteiger partial charge in [0.25, 0.3) is 0 Å². The minimum absolute atomic E-state index is 0.0917. The van der Waals surface area contributed by atoms with Crippen molar-refractivity contribution in [3.05, 3.63) is 29.3 Å². The summed E-state index contributed by atoms with van der Waals surface area (Å²) in [6.07, 6.45) is 5.01. The number of ether oxygens (including phenoxy) is 1. The van der Waals surface area contributed by atoms with Crippen molar-refractivity contribution in [2.24, 2.45) is 5.92 Å². The maximum Gasteiger partial charge on any atom is 0.308 e. The lowest BCUT2D eigenvalue weighted by atomic mass is 9.88. The van der Waals surface area contributed by atoms with E-state index >= 15 is 0 Å². The van der Waals surface area contributed by atoms with Gasteiger partial charge in [-0.15, -0.1) is 0 Å². The molecule has 1 fully saturated rings. The number of aliphatic carboxylic acids is 1. The molecule has 0 bridgehead atoms. The molecule has 0 aromatic heterocycles. The summed E-state index contributed by atoms with van der Waals surface area (Å²) in [7, 11) is 0. The molecule has 1 aromatic rings. The van der Waals surface area contributed by atoms with Crippen LogP contribution in [-0.2, 0) is 16.0 Å². The second-order valence-electron chi connectivity index (χ2n) is 8.30. The number of carbonyl (C=O) groups is 2. The molecule has 3 rings (SSSR count). The number of benzene rings is 1. The smallest absolute Gasteiger partial charge is 0.308 e. The number of hydrogen-bond donors (Lipinski definition) is 1. The monoisotopic (exact) mass is 402 g/mol. The van der Waals surface area contributed by atoms with Gasteiger partial charge in [-0.3, -0.25) is 14.5 Å². The largest absolute Gasteiger partial charge is 0.493 e. The third-order valence-electron chi connectivity index (χ3n) is 6.13. The predicted molar refractivity (Wildman–Crippen MR) is 112 cm³/mol. The van der Waals surface area contributed by atoms with Gasteiger partial charge in [0.1, 0.15) is 5.75 Å². The van der Waals surface area contributed by atoms with Gasteiger partial charge < -0.3 is 14.7 Å². The van der Waals surface area contributed by atoms with Crippen LogP contribution in [0.4, 0.5) is 0 Å². The number of carbonyl (C=O) groups excluding carboxylic acids is 1. The molecule has 1 aromatic carbocycles. The SMILES string of the molecule is CCCCN(CCCC)C(=O)CN1CC(C(=O)O)C(c2ccc3c(c2)CCO3)C1. The van der Waals surface area contributed by atoms with Gasteiger partial charge in [-0.2, -0.15) is 0 Å². The zero-order chi connectivity index (χ0) is 20.8. The van der Waals surface area contributed by atoms with Crippen LogP contribution in [0.3, 0.4) is 0 Å². The fraction of sp³-hybridized carbons (Fsp3) is 0.652. The molecule has 2 heterocycles. The summed E-state index contributed by atoms with van der Waals surface area (Å²) >= 11 is 0. The number of nitrogens with zero attached hydrogens (tertiary/aromatic N) is 2. The number of carboxylic acids is 1. The van der Waals surface area contributed by atoms with Crippen LogP contribution in [-0.4, -0.2) is 66.1 Å². The molecule has 29 heavy (non-hydrogen) atoms. The Kier molecular flexibility index (Phi) is 7.53. The topological polar surface area (TPSA) is 70.1 Å². The van der Waals surface area contributed by atoms with E-state index in [4.69, 9.17) is 4.74 Å². The molecular weight excluding hydrogens is 368 g/mol. The average Bonchev–Trinajstić information content (AvgIpc) is 3.34. The van der Waals surface area contributed by atoms with Crippen LogP contribution in [0.5, 0.6) is 5.75 Å². The van der Waals surface area contributed by atoms with Crippen LogP contribution in [0.1, 0.15) is 56.6 Å². The Morgan fingerprint density at radius 1 is 1.17 bits per heavy atom. The molecule has 160 valence electrons. The van der Waals surface area contributed by atoms with Crippen LogP contribution < -0.4 is 4.74 Å². The van der Waals surface area contributed by atoms with Crippen molar-refractivity contribution in [1.82, 2.24) is 9.80 Å². The van der Waals surface area contributed by atoms with E-state index in [0.29, 0.717) is 26.2 Å². The number of carboxylic acid groups (broad SMARTS) is 1. The molecule has 2 unspecified atom stereocenters. The number of likely N-dealkylation sites (tertiary alicyclic amines) is 1. The van der Waals surface area contributed by atoms with E-state index in [1.165, 1.54) is 0 Å². The number of fused-ring (bicyclic) bond motifs is 1. The van der Waals surface area contributed by atoms with Crippen LogP contribution in [0.25, 0.3) is 0 Å². The molecule has 1 amide bonds. The summed E-state index contributed by atoms with van der Waals surface area (Å²) in [5, 5.41) is 9.79. The molecule has 2 atom stereocenters. The first-order chi connectivity index (χ1) is 14.0. The third-order valence-corrected chi connectivity index (χ3v) is 6.13. The fourth-order valence-corrected chi connectivity index (χ4v) is 4.39. The minimum Gasteiger partial charge on any atom is -0.493 e. The number of hydrogen-bond acceptors (Lipinski definition) is 4. The Balaban J connectivity index is 1.68. The molecule has 6 heteroatoms. The average molecular weight is 403 g/mol. The van der Waals surface area contributed by atoms with Crippen molar-refractivity contribution in [2.75, 3.05) is 39.3 Å². The highest BCUT2D eigenvalue weighted by molar-refractivity contribution is 5.79. The second kappa shape index (κ2) is 10.1. The summed E-state index contributed by atoms with van der Waals surface area (Å²) in [6.45, 7) is 7.88. The molecule has 0 aliphatic carbocycles. The van der Waals surface area contributed by atoms with Gasteiger partial charge in [-0.1, -0.05) is 38.8 Å². The van der Waals surface area contributed by atoms with Crippen LogP contribution in [0, 0.1) is 5.92 Å². The number of rotatable bonds is 10. The van der Waals surface area contributed by atoms with E-state index in [9.17, 15) is 14.7 Å². The predicted octanol–water partition coefficient (Wildman–Crippen LogP) is 3.15. The first kappa shape index (κ1) is 21.6. The van der Waals surface area contributed by atoms with Crippen molar-refractivity contribution in [2.45, 2.75) is 51.9 Å². The lowest BCUT2D eigenvalue weighted by molar-refractivity contribution is -0.142. The van der Waals surface area contributed by atoms with E-state index in [2.05, 4.69) is 19.9 Å². The first-order valence-corrected chi connectivity index (χ1v) is 11.0. The highest BCUT2D eigenvalue weighted by atomic mass is 16.5. The maximum atomic E-state index is 12.9. The third kappa shape index (κ3) is 5.30. The Bertz CT molecular complexity index is 713. The first-order valence-electron chi connectivity index (χ1n) is 11.0. The minimum atomic E-state index is -0.782. The standard InChI is InChI=1S/C23H34N2O4/c1-3-5-10-25(11-6-4-2)22(26)16-24-14-19(20(15-24)23(27)28)17-7-8-21-18(13-17)9-12-29-21/h7-8,13,19-20H,3-6,9-12,14-16H2,1-2H3,(H,27,28). The van der Waals surface area contributed by atoms with E-state index in [1.54, 1.807) is 0 Å². The molecule has 6 nitrogen and oxygen atoms in total. The molecule has 1 saturated heterocycles. The Morgan fingerprint density at radius 2 is 1.90 bits per heavy atom. The van der Waals surface area contributed by atoms with Gasteiger partial charge in [0.2, 0.25) is 5.91 Å². The van der Waals surface area contributed by atoms with E-state index in [1.807, 2.05) is 21.9 Å². The summed E-state index contributed by atoms with van der Waals surface area (Å²) in [6, 6.07) is 6.05. The fourth-order valence-electron chi connectivity index (χ4n) is 4.39. The molecule has 0 radical (unpaired) electrons. The van der Waals surface area contributed by atoms with Gasteiger partial charge in [0, 0.05) is 38.5 Å². The Labute approximate surface area is 173 Å². The maximum absolute atomic E-state index is 12.9. The van der Waals surface area contributed by atoms with Crippen molar-refractivity contribution in [3.8, 4) is 5.75 Å².